The van der Waals surface area contributed by atoms with Crippen molar-refractivity contribution in [3.05, 3.63) is 0 Å². The second kappa shape index (κ2) is 10.3. The van der Waals surface area contributed by atoms with E-state index in [1.807, 2.05) is 18.7 Å². The molecule has 0 aromatic rings. The Bertz CT molecular complexity index is 163. The van der Waals surface area contributed by atoms with Gasteiger partial charge in [0.15, 0.2) is 0 Å². The number of carbonyl (C=O) groups is 1. The molecule has 0 saturated heterocycles. The Hall–Kier alpha value is -0.220. The highest BCUT2D eigenvalue weighted by molar-refractivity contribution is 7.98. The molecule has 0 aromatic carbocycles. The summed E-state index contributed by atoms with van der Waals surface area (Å²) in [6.07, 6.45) is 6.81. The van der Waals surface area contributed by atoms with Crippen molar-refractivity contribution in [2.45, 2.75) is 45.1 Å². The lowest BCUT2D eigenvalue weighted by atomic mass is 10.1. The fraction of sp³-hybridized carbons (Fsp3) is 0.909. The highest BCUT2D eigenvalue weighted by atomic mass is 32.2. The molecular formula is C11H24N2OS. The van der Waals surface area contributed by atoms with Gasteiger partial charge in [0.05, 0.1) is 0 Å². The Morgan fingerprint density at radius 2 is 2.13 bits per heavy atom. The van der Waals surface area contributed by atoms with Crippen LogP contribution in [0.15, 0.2) is 0 Å². The molecule has 0 aromatic heterocycles. The Morgan fingerprint density at radius 3 is 2.73 bits per heavy atom. The molecule has 0 radical (unpaired) electrons. The molecule has 0 fully saturated rings. The van der Waals surface area contributed by atoms with Crippen molar-refractivity contribution in [1.29, 1.82) is 0 Å². The fourth-order valence-corrected chi connectivity index (χ4v) is 1.76. The van der Waals surface area contributed by atoms with E-state index in [1.54, 1.807) is 0 Å². The molecule has 90 valence electrons. The van der Waals surface area contributed by atoms with Crippen LogP contribution in [0.2, 0.25) is 0 Å². The highest BCUT2D eigenvalue weighted by Gasteiger charge is 2.01. The van der Waals surface area contributed by atoms with Crippen LogP contribution in [-0.4, -0.2) is 30.5 Å². The van der Waals surface area contributed by atoms with E-state index in [0.29, 0.717) is 6.42 Å². The molecule has 0 spiro atoms. The molecule has 0 heterocycles. The minimum Gasteiger partial charge on any atom is -0.356 e. The normalized spacial score (nSPS) is 12.5. The van der Waals surface area contributed by atoms with Crippen LogP contribution in [0.25, 0.3) is 0 Å². The summed E-state index contributed by atoms with van der Waals surface area (Å²) < 4.78 is 0. The van der Waals surface area contributed by atoms with Gasteiger partial charge in [-0.05, 0) is 44.6 Å². The number of carbonyl (C=O) groups excluding carboxylic acids is 1. The second-order valence-electron chi connectivity index (χ2n) is 3.92. The van der Waals surface area contributed by atoms with Crippen LogP contribution >= 0.6 is 11.8 Å². The summed E-state index contributed by atoms with van der Waals surface area (Å²) in [4.78, 5) is 11.3. The second-order valence-corrected chi connectivity index (χ2v) is 4.90. The first-order valence-electron chi connectivity index (χ1n) is 5.68. The van der Waals surface area contributed by atoms with Crippen LogP contribution < -0.4 is 11.1 Å². The average molecular weight is 232 g/mol. The molecule has 0 aliphatic carbocycles. The van der Waals surface area contributed by atoms with Gasteiger partial charge in [-0.25, -0.2) is 0 Å². The molecule has 0 aliphatic heterocycles. The van der Waals surface area contributed by atoms with Gasteiger partial charge >= 0.3 is 0 Å². The molecule has 15 heavy (non-hydrogen) atoms. The quantitative estimate of drug-likeness (QED) is 0.596. The topological polar surface area (TPSA) is 55.1 Å². The molecule has 3 N–H and O–H groups in total. The first-order valence-corrected chi connectivity index (χ1v) is 7.07. The van der Waals surface area contributed by atoms with Crippen molar-refractivity contribution >= 4 is 17.7 Å². The van der Waals surface area contributed by atoms with Crippen molar-refractivity contribution < 1.29 is 4.79 Å². The van der Waals surface area contributed by atoms with Crippen LogP contribution in [0.5, 0.6) is 0 Å². The number of hydrogen-bond donors (Lipinski definition) is 2. The summed E-state index contributed by atoms with van der Waals surface area (Å²) in [5.41, 5.74) is 5.60. The van der Waals surface area contributed by atoms with Gasteiger partial charge in [0.25, 0.3) is 0 Å². The molecule has 0 rings (SSSR count). The zero-order chi connectivity index (χ0) is 11.5. The smallest absolute Gasteiger partial charge is 0.219 e. The molecular weight excluding hydrogens is 208 g/mol. The maximum Gasteiger partial charge on any atom is 0.219 e. The number of nitrogens with two attached hydrogens (primary N) is 1. The minimum absolute atomic E-state index is 0.166. The van der Waals surface area contributed by atoms with E-state index < -0.39 is 0 Å². The third-order valence-electron chi connectivity index (χ3n) is 2.16. The molecule has 3 nitrogen and oxygen atoms in total. The molecule has 0 saturated carbocycles. The average Bonchev–Trinajstić information content (AvgIpc) is 2.17. The SMILES string of the molecule is CSCCCCNC(=O)CCCC(C)N. The highest BCUT2D eigenvalue weighted by Crippen LogP contribution is 2.00. The van der Waals surface area contributed by atoms with E-state index in [9.17, 15) is 4.79 Å². The van der Waals surface area contributed by atoms with Crippen LogP contribution in [-0.2, 0) is 4.79 Å². The van der Waals surface area contributed by atoms with Crippen LogP contribution in [0.3, 0.4) is 0 Å². The number of hydrogen-bond acceptors (Lipinski definition) is 3. The molecule has 1 atom stereocenters. The van der Waals surface area contributed by atoms with Gasteiger partial charge in [-0.1, -0.05) is 0 Å². The number of thioether (sulfide) groups is 1. The predicted molar refractivity (Wildman–Crippen MR) is 68.1 cm³/mol. The summed E-state index contributed by atoms with van der Waals surface area (Å²) in [5.74, 6) is 1.35. The van der Waals surface area contributed by atoms with Crippen molar-refractivity contribution in [2.24, 2.45) is 5.73 Å². The zero-order valence-corrected chi connectivity index (χ0v) is 10.7. The van der Waals surface area contributed by atoms with Crippen LogP contribution in [0.4, 0.5) is 0 Å². The number of amides is 1. The standard InChI is InChI=1S/C11H24N2OS/c1-10(12)6-5-7-11(14)13-8-3-4-9-15-2/h10H,3-9,12H2,1-2H3,(H,13,14). The lowest BCUT2D eigenvalue weighted by Crippen LogP contribution is -2.25. The Balaban J connectivity index is 3.19. The lowest BCUT2D eigenvalue weighted by Gasteiger charge is -2.06. The van der Waals surface area contributed by atoms with E-state index in [2.05, 4.69) is 11.6 Å². The van der Waals surface area contributed by atoms with Crippen LogP contribution in [0, 0.1) is 0 Å². The van der Waals surface area contributed by atoms with E-state index >= 15 is 0 Å². The minimum atomic E-state index is 0.166. The molecule has 0 bridgehead atoms. The Labute approximate surface area is 97.6 Å². The number of rotatable bonds is 9. The monoisotopic (exact) mass is 232 g/mol. The van der Waals surface area contributed by atoms with Crippen molar-refractivity contribution in [3.8, 4) is 0 Å². The first-order chi connectivity index (χ1) is 7.16. The molecule has 1 unspecified atom stereocenters. The third kappa shape index (κ3) is 11.7. The predicted octanol–water partition coefficient (Wildman–Crippen LogP) is 1.76. The van der Waals surface area contributed by atoms with Crippen LogP contribution in [0.1, 0.15) is 39.0 Å². The van der Waals surface area contributed by atoms with Gasteiger partial charge in [0.2, 0.25) is 5.91 Å². The molecule has 1 amide bonds. The Kier molecular flexibility index (Phi) is 10.2. The lowest BCUT2D eigenvalue weighted by molar-refractivity contribution is -0.121. The summed E-state index contributed by atoms with van der Waals surface area (Å²) in [5, 5.41) is 2.93. The third-order valence-corrected chi connectivity index (χ3v) is 2.86. The van der Waals surface area contributed by atoms with Gasteiger partial charge in [-0.2, -0.15) is 11.8 Å². The molecule has 0 aliphatic rings. The maximum atomic E-state index is 11.3. The van der Waals surface area contributed by atoms with E-state index in [0.717, 1.165) is 25.8 Å². The first kappa shape index (κ1) is 14.8. The summed E-state index contributed by atoms with van der Waals surface area (Å²) in [6, 6.07) is 0.208. The summed E-state index contributed by atoms with van der Waals surface area (Å²) >= 11 is 1.85. The van der Waals surface area contributed by atoms with Gasteiger partial charge in [-0.3, -0.25) is 4.79 Å². The number of unbranched alkanes of at least 4 members (excludes halogenated alkanes) is 1. The van der Waals surface area contributed by atoms with E-state index in [-0.39, 0.29) is 11.9 Å². The fourth-order valence-electron chi connectivity index (χ4n) is 1.27. The number of nitrogens with one attached hydrogen (secondary N) is 1. The zero-order valence-electron chi connectivity index (χ0n) is 9.92. The summed E-state index contributed by atoms with van der Waals surface area (Å²) in [7, 11) is 0. The van der Waals surface area contributed by atoms with Gasteiger partial charge in [0, 0.05) is 19.0 Å². The summed E-state index contributed by atoms with van der Waals surface area (Å²) in [6.45, 7) is 2.79. The van der Waals surface area contributed by atoms with Gasteiger partial charge in [0.1, 0.15) is 0 Å². The van der Waals surface area contributed by atoms with E-state index in [4.69, 9.17) is 5.73 Å². The largest absolute Gasteiger partial charge is 0.356 e. The van der Waals surface area contributed by atoms with E-state index in [1.165, 1.54) is 12.2 Å². The van der Waals surface area contributed by atoms with Gasteiger partial charge < -0.3 is 11.1 Å². The molecule has 4 heteroatoms. The Morgan fingerprint density at radius 1 is 1.40 bits per heavy atom. The maximum absolute atomic E-state index is 11.3. The van der Waals surface area contributed by atoms with Crippen molar-refractivity contribution in [3.63, 3.8) is 0 Å². The van der Waals surface area contributed by atoms with Crippen molar-refractivity contribution in [1.82, 2.24) is 5.32 Å². The van der Waals surface area contributed by atoms with Crippen molar-refractivity contribution in [2.75, 3.05) is 18.6 Å². The van der Waals surface area contributed by atoms with Gasteiger partial charge in [-0.15, -0.1) is 0 Å².